The highest BCUT2D eigenvalue weighted by Crippen LogP contribution is 2.30. The maximum atomic E-state index is 5.84. The summed E-state index contributed by atoms with van der Waals surface area (Å²) in [5, 5.41) is 3.87. The largest absolute Gasteiger partial charge is 0.493 e. The Morgan fingerprint density at radius 1 is 1.32 bits per heavy atom. The molecule has 5 heteroatoms. The minimum Gasteiger partial charge on any atom is -0.493 e. The van der Waals surface area contributed by atoms with Crippen molar-refractivity contribution in [3.63, 3.8) is 0 Å². The molecule has 1 atom stereocenters. The summed E-state index contributed by atoms with van der Waals surface area (Å²) < 4.78 is 16.0. The predicted octanol–water partition coefficient (Wildman–Crippen LogP) is 2.59. The standard InChI is InChI=1S/C14H18N2O3/c1-9-6-12(16-19-9)8-18-13-5-4-11(10(2)15)7-14(13)17-3/h4-7,10H,8,15H2,1-3H3/t10-/m1/s1. The minimum absolute atomic E-state index is 0.0406. The first-order chi connectivity index (χ1) is 9.10. The van der Waals surface area contributed by atoms with Crippen LogP contribution in [0.3, 0.4) is 0 Å². The Bertz CT molecular complexity index is 549. The van der Waals surface area contributed by atoms with E-state index >= 15 is 0 Å². The SMILES string of the molecule is COc1cc([C@@H](C)N)ccc1OCc1cc(C)on1. The second-order valence-electron chi connectivity index (χ2n) is 4.42. The van der Waals surface area contributed by atoms with Crippen molar-refractivity contribution in [3.8, 4) is 11.5 Å². The molecule has 2 aromatic rings. The maximum absolute atomic E-state index is 5.84. The molecule has 0 aliphatic rings. The minimum atomic E-state index is -0.0406. The molecule has 1 aromatic heterocycles. The summed E-state index contributed by atoms with van der Waals surface area (Å²) in [6.45, 7) is 4.10. The van der Waals surface area contributed by atoms with E-state index in [2.05, 4.69) is 5.16 Å². The Hall–Kier alpha value is -2.01. The van der Waals surface area contributed by atoms with Crippen LogP contribution in [0.2, 0.25) is 0 Å². The lowest BCUT2D eigenvalue weighted by molar-refractivity contribution is 0.271. The molecular formula is C14H18N2O3. The summed E-state index contributed by atoms with van der Waals surface area (Å²) in [6.07, 6.45) is 0. The van der Waals surface area contributed by atoms with E-state index in [-0.39, 0.29) is 6.04 Å². The average molecular weight is 262 g/mol. The molecule has 2 rings (SSSR count). The number of methoxy groups -OCH3 is 1. The van der Waals surface area contributed by atoms with E-state index in [0.29, 0.717) is 18.1 Å². The highest BCUT2D eigenvalue weighted by Gasteiger charge is 2.09. The molecule has 0 bridgehead atoms. The number of hydrogen-bond donors (Lipinski definition) is 1. The highest BCUT2D eigenvalue weighted by molar-refractivity contribution is 5.43. The zero-order valence-corrected chi connectivity index (χ0v) is 11.3. The Morgan fingerprint density at radius 3 is 2.68 bits per heavy atom. The van der Waals surface area contributed by atoms with E-state index in [1.54, 1.807) is 7.11 Å². The fraction of sp³-hybridized carbons (Fsp3) is 0.357. The van der Waals surface area contributed by atoms with Gasteiger partial charge in [0.1, 0.15) is 18.1 Å². The average Bonchev–Trinajstić information content (AvgIpc) is 2.81. The van der Waals surface area contributed by atoms with Gasteiger partial charge in [0.2, 0.25) is 0 Å². The first-order valence-electron chi connectivity index (χ1n) is 6.08. The van der Waals surface area contributed by atoms with Gasteiger partial charge in [0.05, 0.1) is 7.11 Å². The van der Waals surface area contributed by atoms with Crippen molar-refractivity contribution in [3.05, 3.63) is 41.3 Å². The lowest BCUT2D eigenvalue weighted by atomic mass is 10.1. The van der Waals surface area contributed by atoms with Gasteiger partial charge >= 0.3 is 0 Å². The zero-order valence-electron chi connectivity index (χ0n) is 11.3. The van der Waals surface area contributed by atoms with Crippen molar-refractivity contribution < 1.29 is 14.0 Å². The van der Waals surface area contributed by atoms with Gasteiger partial charge in [-0.05, 0) is 31.5 Å². The van der Waals surface area contributed by atoms with Crippen molar-refractivity contribution in [2.45, 2.75) is 26.5 Å². The molecule has 0 amide bonds. The molecule has 1 aromatic carbocycles. The van der Waals surface area contributed by atoms with Gasteiger partial charge in [0, 0.05) is 12.1 Å². The zero-order chi connectivity index (χ0) is 13.8. The van der Waals surface area contributed by atoms with Crippen LogP contribution in [-0.2, 0) is 6.61 Å². The molecule has 1 heterocycles. The van der Waals surface area contributed by atoms with Crippen molar-refractivity contribution in [2.24, 2.45) is 5.73 Å². The number of ether oxygens (including phenoxy) is 2. The van der Waals surface area contributed by atoms with Gasteiger partial charge < -0.3 is 19.7 Å². The smallest absolute Gasteiger partial charge is 0.161 e. The van der Waals surface area contributed by atoms with Gasteiger partial charge in [0.25, 0.3) is 0 Å². The molecule has 0 unspecified atom stereocenters. The molecular weight excluding hydrogens is 244 g/mol. The van der Waals surface area contributed by atoms with Gasteiger partial charge in [-0.3, -0.25) is 0 Å². The Kier molecular flexibility index (Phi) is 4.06. The molecule has 0 radical (unpaired) electrons. The van der Waals surface area contributed by atoms with Crippen LogP contribution in [0.5, 0.6) is 11.5 Å². The molecule has 0 saturated carbocycles. The topological polar surface area (TPSA) is 70.5 Å². The number of aromatic nitrogens is 1. The van der Waals surface area contributed by atoms with Crippen LogP contribution in [0.15, 0.2) is 28.8 Å². The van der Waals surface area contributed by atoms with Gasteiger partial charge in [-0.2, -0.15) is 0 Å². The summed E-state index contributed by atoms with van der Waals surface area (Å²) in [5.74, 6) is 2.08. The molecule has 0 aliphatic carbocycles. The summed E-state index contributed by atoms with van der Waals surface area (Å²) >= 11 is 0. The number of rotatable bonds is 5. The molecule has 5 nitrogen and oxygen atoms in total. The molecule has 0 fully saturated rings. The third kappa shape index (κ3) is 3.26. The third-order valence-corrected chi connectivity index (χ3v) is 2.77. The lowest BCUT2D eigenvalue weighted by Gasteiger charge is -2.12. The van der Waals surface area contributed by atoms with Crippen LogP contribution >= 0.6 is 0 Å². The second-order valence-corrected chi connectivity index (χ2v) is 4.42. The van der Waals surface area contributed by atoms with Gasteiger partial charge in [0.15, 0.2) is 11.5 Å². The van der Waals surface area contributed by atoms with E-state index in [1.165, 1.54) is 0 Å². The molecule has 0 spiro atoms. The number of hydrogen-bond acceptors (Lipinski definition) is 5. The van der Waals surface area contributed by atoms with Crippen molar-refractivity contribution in [1.82, 2.24) is 5.16 Å². The summed E-state index contributed by atoms with van der Waals surface area (Å²) in [6, 6.07) is 7.46. The van der Waals surface area contributed by atoms with E-state index in [9.17, 15) is 0 Å². The van der Waals surface area contributed by atoms with Crippen molar-refractivity contribution in [1.29, 1.82) is 0 Å². The molecule has 19 heavy (non-hydrogen) atoms. The number of nitrogens with zero attached hydrogens (tertiary/aromatic N) is 1. The predicted molar refractivity (Wildman–Crippen MR) is 71.2 cm³/mol. The summed E-state index contributed by atoms with van der Waals surface area (Å²) in [4.78, 5) is 0. The molecule has 102 valence electrons. The summed E-state index contributed by atoms with van der Waals surface area (Å²) in [5.41, 5.74) is 7.58. The fourth-order valence-corrected chi connectivity index (χ4v) is 1.72. The monoisotopic (exact) mass is 262 g/mol. The van der Waals surface area contributed by atoms with Crippen LogP contribution in [0, 0.1) is 6.92 Å². The molecule has 2 N–H and O–H groups in total. The maximum Gasteiger partial charge on any atom is 0.161 e. The highest BCUT2D eigenvalue weighted by atomic mass is 16.5. The van der Waals surface area contributed by atoms with Crippen LogP contribution in [0.25, 0.3) is 0 Å². The summed E-state index contributed by atoms with van der Waals surface area (Å²) in [7, 11) is 1.60. The van der Waals surface area contributed by atoms with Gasteiger partial charge in [-0.25, -0.2) is 0 Å². The Labute approximate surface area is 112 Å². The Balaban J connectivity index is 2.11. The van der Waals surface area contributed by atoms with Crippen molar-refractivity contribution in [2.75, 3.05) is 7.11 Å². The number of aryl methyl sites for hydroxylation is 1. The van der Waals surface area contributed by atoms with E-state index in [4.69, 9.17) is 19.7 Å². The molecule has 0 aliphatic heterocycles. The first kappa shape index (κ1) is 13.4. The number of nitrogens with two attached hydrogens (primary N) is 1. The fourth-order valence-electron chi connectivity index (χ4n) is 1.72. The van der Waals surface area contributed by atoms with Crippen LogP contribution < -0.4 is 15.2 Å². The van der Waals surface area contributed by atoms with Crippen LogP contribution in [0.4, 0.5) is 0 Å². The third-order valence-electron chi connectivity index (χ3n) is 2.77. The van der Waals surface area contributed by atoms with Crippen LogP contribution in [0.1, 0.15) is 30.0 Å². The van der Waals surface area contributed by atoms with E-state index < -0.39 is 0 Å². The number of benzene rings is 1. The van der Waals surface area contributed by atoms with Gasteiger partial charge in [-0.15, -0.1) is 0 Å². The Morgan fingerprint density at radius 2 is 2.11 bits per heavy atom. The normalized spacial score (nSPS) is 12.2. The van der Waals surface area contributed by atoms with Crippen LogP contribution in [-0.4, -0.2) is 12.3 Å². The van der Waals surface area contributed by atoms with E-state index in [0.717, 1.165) is 17.0 Å². The van der Waals surface area contributed by atoms with Crippen molar-refractivity contribution >= 4 is 0 Å². The lowest BCUT2D eigenvalue weighted by Crippen LogP contribution is -2.05. The van der Waals surface area contributed by atoms with Gasteiger partial charge in [-0.1, -0.05) is 11.2 Å². The first-order valence-corrected chi connectivity index (χ1v) is 6.08. The second kappa shape index (κ2) is 5.75. The molecule has 0 saturated heterocycles. The quantitative estimate of drug-likeness (QED) is 0.896. The van der Waals surface area contributed by atoms with E-state index in [1.807, 2.05) is 38.1 Å².